The van der Waals surface area contributed by atoms with Gasteiger partial charge in [-0.2, -0.15) is 0 Å². The Morgan fingerprint density at radius 2 is 1.81 bits per heavy atom. The van der Waals surface area contributed by atoms with Crippen molar-refractivity contribution in [2.75, 3.05) is 20.2 Å². The van der Waals surface area contributed by atoms with Gasteiger partial charge in [-0.05, 0) is 24.0 Å². The fraction of sp³-hybridized carbons (Fsp3) is 0.529. The van der Waals surface area contributed by atoms with E-state index in [9.17, 15) is 9.59 Å². The maximum atomic E-state index is 12.7. The number of nitrogens with zero attached hydrogens (tertiary/aromatic N) is 1. The Labute approximate surface area is 127 Å². The van der Waals surface area contributed by atoms with Crippen molar-refractivity contribution in [1.82, 2.24) is 4.90 Å². The van der Waals surface area contributed by atoms with Gasteiger partial charge in [0.25, 0.3) is 5.91 Å². The maximum absolute atomic E-state index is 12.7. The van der Waals surface area contributed by atoms with Gasteiger partial charge >= 0.3 is 5.97 Å². The summed E-state index contributed by atoms with van der Waals surface area (Å²) in [4.78, 5) is 25.7. The van der Waals surface area contributed by atoms with Crippen LogP contribution in [0.5, 0.6) is 0 Å². The molecule has 0 aliphatic heterocycles. The maximum Gasteiger partial charge on any atom is 0.307 e. The summed E-state index contributed by atoms with van der Waals surface area (Å²) >= 11 is 0. The highest BCUT2D eigenvalue weighted by atomic mass is 16.5. The molecule has 0 radical (unpaired) electrons. The lowest BCUT2D eigenvalue weighted by atomic mass is 9.83. The molecule has 116 valence electrons. The third kappa shape index (κ3) is 4.59. The van der Waals surface area contributed by atoms with Crippen LogP contribution in [0.25, 0.3) is 0 Å². The number of methoxy groups -OCH3 is 1. The molecule has 4 heteroatoms. The molecule has 4 nitrogen and oxygen atoms in total. The SMILES string of the molecule is CCN(CCC(=O)OC)C(=O)c1ccccc1C(C)(C)C. The largest absolute Gasteiger partial charge is 0.469 e. The van der Waals surface area contributed by atoms with Crippen LogP contribution < -0.4 is 0 Å². The zero-order valence-corrected chi connectivity index (χ0v) is 13.6. The molecule has 0 aromatic heterocycles. The fourth-order valence-corrected chi connectivity index (χ4v) is 2.23. The minimum atomic E-state index is -0.301. The molecule has 0 aliphatic carbocycles. The van der Waals surface area contributed by atoms with E-state index in [4.69, 9.17) is 0 Å². The van der Waals surface area contributed by atoms with Crippen LogP contribution in [0, 0.1) is 0 Å². The first-order chi connectivity index (χ1) is 9.81. The average Bonchev–Trinajstić information content (AvgIpc) is 2.46. The van der Waals surface area contributed by atoms with E-state index < -0.39 is 0 Å². The van der Waals surface area contributed by atoms with Crippen molar-refractivity contribution in [1.29, 1.82) is 0 Å². The Balaban J connectivity index is 2.98. The fourth-order valence-electron chi connectivity index (χ4n) is 2.23. The Kier molecular flexibility index (Phi) is 5.94. The Bertz CT molecular complexity index is 503. The van der Waals surface area contributed by atoms with Gasteiger partial charge in [-0.1, -0.05) is 39.0 Å². The van der Waals surface area contributed by atoms with E-state index in [1.165, 1.54) is 7.11 Å². The van der Waals surface area contributed by atoms with E-state index in [-0.39, 0.29) is 23.7 Å². The molecule has 0 spiro atoms. The summed E-state index contributed by atoms with van der Waals surface area (Å²) in [6.45, 7) is 9.11. The van der Waals surface area contributed by atoms with Crippen LogP contribution in [-0.4, -0.2) is 37.0 Å². The quantitative estimate of drug-likeness (QED) is 0.783. The highest BCUT2D eigenvalue weighted by Gasteiger charge is 2.24. The third-order valence-corrected chi connectivity index (χ3v) is 3.45. The van der Waals surface area contributed by atoms with Crippen LogP contribution in [0.3, 0.4) is 0 Å². The average molecular weight is 291 g/mol. The molecule has 0 fully saturated rings. The topological polar surface area (TPSA) is 46.6 Å². The summed E-state index contributed by atoms with van der Waals surface area (Å²) in [5.74, 6) is -0.336. The van der Waals surface area contributed by atoms with Gasteiger partial charge in [0.15, 0.2) is 0 Å². The summed E-state index contributed by atoms with van der Waals surface area (Å²) in [6.07, 6.45) is 0.216. The number of benzene rings is 1. The van der Waals surface area contributed by atoms with Gasteiger partial charge in [-0.15, -0.1) is 0 Å². The van der Waals surface area contributed by atoms with Crippen LogP contribution in [0.1, 0.15) is 50.0 Å². The van der Waals surface area contributed by atoms with Crippen molar-refractivity contribution >= 4 is 11.9 Å². The summed E-state index contributed by atoms with van der Waals surface area (Å²) in [5, 5.41) is 0. The van der Waals surface area contributed by atoms with Gasteiger partial charge in [0.1, 0.15) is 0 Å². The Hall–Kier alpha value is -1.84. The number of carbonyl (C=O) groups excluding carboxylic acids is 2. The molecule has 0 atom stereocenters. The zero-order chi connectivity index (χ0) is 16.0. The second kappa shape index (κ2) is 7.25. The van der Waals surface area contributed by atoms with Crippen molar-refractivity contribution in [2.45, 2.75) is 39.5 Å². The molecule has 1 aromatic rings. The molecular formula is C17H25NO3. The number of rotatable bonds is 5. The van der Waals surface area contributed by atoms with Gasteiger partial charge in [0.2, 0.25) is 0 Å². The number of hydrogen-bond donors (Lipinski definition) is 0. The summed E-state index contributed by atoms with van der Waals surface area (Å²) < 4.78 is 4.63. The van der Waals surface area contributed by atoms with Crippen LogP contribution in [-0.2, 0) is 14.9 Å². The molecule has 0 bridgehead atoms. The Morgan fingerprint density at radius 1 is 1.19 bits per heavy atom. The van der Waals surface area contributed by atoms with Crippen molar-refractivity contribution in [3.8, 4) is 0 Å². The Morgan fingerprint density at radius 3 is 2.33 bits per heavy atom. The lowest BCUT2D eigenvalue weighted by molar-refractivity contribution is -0.140. The molecule has 0 unspecified atom stereocenters. The molecule has 1 aromatic carbocycles. The van der Waals surface area contributed by atoms with E-state index in [0.29, 0.717) is 18.7 Å². The lowest BCUT2D eigenvalue weighted by Crippen LogP contribution is -2.34. The van der Waals surface area contributed by atoms with Crippen LogP contribution in [0.4, 0.5) is 0 Å². The van der Waals surface area contributed by atoms with Crippen molar-refractivity contribution in [2.24, 2.45) is 0 Å². The first kappa shape index (κ1) is 17.2. The minimum Gasteiger partial charge on any atom is -0.469 e. The molecule has 1 rings (SSSR count). The lowest BCUT2D eigenvalue weighted by Gasteiger charge is -2.26. The van der Waals surface area contributed by atoms with Gasteiger partial charge < -0.3 is 9.64 Å². The second-order valence-electron chi connectivity index (χ2n) is 6.01. The van der Waals surface area contributed by atoms with Crippen LogP contribution in [0.2, 0.25) is 0 Å². The van der Waals surface area contributed by atoms with E-state index in [0.717, 1.165) is 5.56 Å². The molecule has 0 aliphatic rings. The number of carbonyl (C=O) groups is 2. The highest BCUT2D eigenvalue weighted by Crippen LogP contribution is 2.26. The standard InChI is InChI=1S/C17H25NO3/c1-6-18(12-11-15(19)21-5)16(20)13-9-7-8-10-14(13)17(2,3)4/h7-10H,6,11-12H2,1-5H3. The summed E-state index contributed by atoms with van der Waals surface area (Å²) in [7, 11) is 1.36. The summed E-state index contributed by atoms with van der Waals surface area (Å²) in [5.41, 5.74) is 1.62. The molecule has 1 amide bonds. The number of amides is 1. The smallest absolute Gasteiger partial charge is 0.307 e. The van der Waals surface area contributed by atoms with Gasteiger partial charge in [0.05, 0.1) is 13.5 Å². The number of hydrogen-bond acceptors (Lipinski definition) is 3. The molecule has 21 heavy (non-hydrogen) atoms. The van der Waals surface area contributed by atoms with E-state index in [2.05, 4.69) is 25.5 Å². The van der Waals surface area contributed by atoms with E-state index >= 15 is 0 Å². The zero-order valence-electron chi connectivity index (χ0n) is 13.6. The predicted octanol–water partition coefficient (Wildman–Crippen LogP) is 3.01. The molecule has 0 saturated carbocycles. The monoisotopic (exact) mass is 291 g/mol. The molecular weight excluding hydrogens is 266 g/mol. The van der Waals surface area contributed by atoms with Crippen LogP contribution in [0.15, 0.2) is 24.3 Å². The molecule has 0 heterocycles. The number of esters is 1. The van der Waals surface area contributed by atoms with Gasteiger partial charge in [0, 0.05) is 18.7 Å². The second-order valence-corrected chi connectivity index (χ2v) is 6.01. The first-order valence-corrected chi connectivity index (χ1v) is 7.26. The summed E-state index contributed by atoms with van der Waals surface area (Å²) in [6, 6.07) is 7.66. The normalized spacial score (nSPS) is 11.1. The third-order valence-electron chi connectivity index (χ3n) is 3.45. The van der Waals surface area contributed by atoms with E-state index in [1.807, 2.05) is 31.2 Å². The van der Waals surface area contributed by atoms with Crippen molar-refractivity contribution in [3.05, 3.63) is 35.4 Å². The molecule has 0 N–H and O–H groups in total. The van der Waals surface area contributed by atoms with E-state index in [1.54, 1.807) is 4.90 Å². The highest BCUT2D eigenvalue weighted by molar-refractivity contribution is 5.96. The van der Waals surface area contributed by atoms with Crippen molar-refractivity contribution < 1.29 is 14.3 Å². The minimum absolute atomic E-state index is 0.0353. The molecule has 0 saturated heterocycles. The van der Waals surface area contributed by atoms with Gasteiger partial charge in [-0.3, -0.25) is 9.59 Å². The first-order valence-electron chi connectivity index (χ1n) is 7.26. The predicted molar refractivity (Wildman–Crippen MR) is 83.4 cm³/mol. The van der Waals surface area contributed by atoms with Crippen molar-refractivity contribution in [3.63, 3.8) is 0 Å². The van der Waals surface area contributed by atoms with Gasteiger partial charge in [-0.25, -0.2) is 0 Å². The number of ether oxygens (including phenoxy) is 1. The van der Waals surface area contributed by atoms with Crippen LogP contribution >= 0.6 is 0 Å².